The van der Waals surface area contributed by atoms with Crippen LogP contribution in [0.15, 0.2) is 23.8 Å². The monoisotopic (exact) mass is 380 g/mol. The number of hydrogen-bond acceptors (Lipinski definition) is 3. The molecule has 1 aromatic carbocycles. The molecule has 0 unspecified atom stereocenters. The van der Waals surface area contributed by atoms with Crippen molar-refractivity contribution >= 4 is 12.0 Å². The number of aryl methyl sites for hydroxylation is 1. The number of piperidine rings is 4. The average molecular weight is 381 g/mol. The minimum absolute atomic E-state index is 0.299. The molecular weight excluding hydrogens is 348 g/mol. The van der Waals surface area contributed by atoms with Crippen LogP contribution in [0.5, 0.6) is 5.75 Å². The molecule has 1 amide bonds. The Labute approximate surface area is 168 Å². The number of benzene rings is 1. The van der Waals surface area contributed by atoms with Crippen molar-refractivity contribution in [1.29, 1.82) is 0 Å². The molecular formula is C24H32N2O2. The summed E-state index contributed by atoms with van der Waals surface area (Å²) in [5.74, 6) is 2.55. The first-order chi connectivity index (χ1) is 13.7. The second-order valence-corrected chi connectivity index (χ2v) is 9.19. The summed E-state index contributed by atoms with van der Waals surface area (Å²) in [6, 6.07) is 7.31. The fraction of sp³-hybridized carbons (Fsp3) is 0.625. The lowest BCUT2D eigenvalue weighted by molar-refractivity contribution is -0.145. The van der Waals surface area contributed by atoms with Gasteiger partial charge in [0.15, 0.2) is 0 Å². The Morgan fingerprint density at radius 1 is 1.14 bits per heavy atom. The van der Waals surface area contributed by atoms with Gasteiger partial charge in [-0.1, -0.05) is 6.07 Å². The summed E-state index contributed by atoms with van der Waals surface area (Å²) in [5.41, 5.74) is 3.29. The quantitative estimate of drug-likeness (QED) is 0.730. The molecule has 0 aromatic heterocycles. The smallest absolute Gasteiger partial charge is 0.250 e. The molecule has 0 bridgehead atoms. The first kappa shape index (κ1) is 18.2. The molecule has 0 aliphatic carbocycles. The maximum absolute atomic E-state index is 13.5. The number of carbonyl (C=O) groups is 1. The number of rotatable bonds is 2. The van der Waals surface area contributed by atoms with E-state index in [1.807, 2.05) is 12.1 Å². The zero-order chi connectivity index (χ0) is 19.3. The molecule has 4 heterocycles. The lowest BCUT2D eigenvalue weighted by Crippen LogP contribution is -2.66. The van der Waals surface area contributed by atoms with E-state index in [0.29, 0.717) is 23.8 Å². The predicted octanol–water partition coefficient (Wildman–Crippen LogP) is 3.88. The zero-order valence-corrected chi connectivity index (χ0v) is 17.2. The third kappa shape index (κ3) is 2.97. The van der Waals surface area contributed by atoms with Gasteiger partial charge in [0, 0.05) is 24.2 Å². The lowest BCUT2D eigenvalue weighted by atomic mass is 9.67. The van der Waals surface area contributed by atoms with Crippen LogP contribution in [0.4, 0.5) is 0 Å². The Morgan fingerprint density at radius 2 is 1.96 bits per heavy atom. The normalized spacial score (nSPS) is 34.1. The third-order valence-corrected chi connectivity index (χ3v) is 7.72. The highest BCUT2D eigenvalue weighted by Gasteiger charge is 2.51. The molecule has 4 aliphatic rings. The molecule has 28 heavy (non-hydrogen) atoms. The van der Waals surface area contributed by atoms with Gasteiger partial charge in [-0.25, -0.2) is 0 Å². The summed E-state index contributed by atoms with van der Waals surface area (Å²) in [5, 5.41) is 0. The maximum atomic E-state index is 13.5. The highest BCUT2D eigenvalue weighted by atomic mass is 16.5. The van der Waals surface area contributed by atoms with Crippen LogP contribution in [0, 0.1) is 18.8 Å². The third-order valence-electron chi connectivity index (χ3n) is 7.72. The van der Waals surface area contributed by atoms with E-state index in [2.05, 4.69) is 28.9 Å². The molecule has 1 aromatic rings. The van der Waals surface area contributed by atoms with Crippen LogP contribution in [0.3, 0.4) is 0 Å². The predicted molar refractivity (Wildman–Crippen MR) is 111 cm³/mol. The molecule has 4 saturated heterocycles. The van der Waals surface area contributed by atoms with E-state index >= 15 is 0 Å². The van der Waals surface area contributed by atoms with Crippen LogP contribution in [0.2, 0.25) is 0 Å². The topological polar surface area (TPSA) is 32.8 Å². The number of fused-ring (bicyclic) bond motifs is 2. The second-order valence-electron chi connectivity index (χ2n) is 9.19. The van der Waals surface area contributed by atoms with Gasteiger partial charge in [-0.15, -0.1) is 0 Å². The van der Waals surface area contributed by atoms with E-state index in [9.17, 15) is 4.79 Å². The molecule has 0 radical (unpaired) electrons. The number of amides is 1. The highest BCUT2D eigenvalue weighted by Crippen LogP contribution is 2.45. The van der Waals surface area contributed by atoms with Crippen LogP contribution in [-0.4, -0.2) is 54.5 Å². The van der Waals surface area contributed by atoms with Crippen molar-refractivity contribution in [2.24, 2.45) is 11.8 Å². The molecule has 4 aliphatic heterocycles. The highest BCUT2D eigenvalue weighted by molar-refractivity contribution is 5.99. The summed E-state index contributed by atoms with van der Waals surface area (Å²) in [7, 11) is 1.69. The lowest BCUT2D eigenvalue weighted by Gasteiger charge is -2.58. The van der Waals surface area contributed by atoms with Crippen LogP contribution in [0.25, 0.3) is 6.08 Å². The van der Waals surface area contributed by atoms with Crippen molar-refractivity contribution in [1.82, 2.24) is 9.80 Å². The summed E-state index contributed by atoms with van der Waals surface area (Å²) in [6.07, 6.45) is 9.39. The van der Waals surface area contributed by atoms with E-state index in [4.69, 9.17) is 4.74 Å². The molecule has 0 spiro atoms. The summed E-state index contributed by atoms with van der Waals surface area (Å²) in [6.45, 7) is 5.62. The van der Waals surface area contributed by atoms with E-state index < -0.39 is 0 Å². The first-order valence-corrected chi connectivity index (χ1v) is 11.1. The Morgan fingerprint density at radius 3 is 2.75 bits per heavy atom. The van der Waals surface area contributed by atoms with Crippen LogP contribution >= 0.6 is 0 Å². The van der Waals surface area contributed by atoms with Gasteiger partial charge < -0.3 is 9.64 Å². The van der Waals surface area contributed by atoms with E-state index in [-0.39, 0.29) is 0 Å². The number of methoxy groups -OCH3 is 1. The van der Waals surface area contributed by atoms with Gasteiger partial charge in [0.05, 0.1) is 7.11 Å². The molecule has 0 saturated carbocycles. The van der Waals surface area contributed by atoms with Crippen LogP contribution < -0.4 is 4.74 Å². The number of ether oxygens (including phenoxy) is 1. The van der Waals surface area contributed by atoms with Crippen molar-refractivity contribution in [3.63, 3.8) is 0 Å². The number of nitrogens with zero attached hydrogens (tertiary/aromatic N) is 2. The van der Waals surface area contributed by atoms with Gasteiger partial charge >= 0.3 is 0 Å². The largest absolute Gasteiger partial charge is 0.497 e. The van der Waals surface area contributed by atoms with Crippen molar-refractivity contribution < 1.29 is 9.53 Å². The number of carbonyl (C=O) groups excluding carboxylic acids is 1. The van der Waals surface area contributed by atoms with Gasteiger partial charge in [0.25, 0.3) is 0 Å². The molecule has 0 N–H and O–H groups in total. The molecule has 4 heteroatoms. The second kappa shape index (κ2) is 7.22. The number of hydrogen-bond donors (Lipinski definition) is 0. The minimum atomic E-state index is 0.299. The summed E-state index contributed by atoms with van der Waals surface area (Å²) >= 11 is 0. The minimum Gasteiger partial charge on any atom is -0.497 e. The summed E-state index contributed by atoms with van der Waals surface area (Å²) in [4.78, 5) is 18.5. The standard InChI is InChI=1S/C24H32N2O2/c1-16-13-20(28-2)9-7-17(16)14-18-8-10-22-21-6-4-12-25-11-3-5-19(23(21)25)15-26(22)24(18)27/h7,9,13-14,19,21-23H,3-6,8,10-12,15H2,1-2H3/b18-14+/t19-,21-,22-,23+/m1/s1. The summed E-state index contributed by atoms with van der Waals surface area (Å²) < 4.78 is 5.32. The molecule has 4 atom stereocenters. The SMILES string of the molecule is COc1ccc(/C=C2\CC[C@@H]3[C@H]4CCCN5CCC[C@H](CN3C2=O)[C@@H]45)c(C)c1. The van der Waals surface area contributed by atoms with Gasteiger partial charge in [-0.05, 0) is 99.7 Å². The van der Waals surface area contributed by atoms with Crippen LogP contribution in [-0.2, 0) is 4.79 Å². The van der Waals surface area contributed by atoms with Crippen molar-refractivity contribution in [3.05, 3.63) is 34.9 Å². The Hall–Kier alpha value is -1.81. The van der Waals surface area contributed by atoms with E-state index in [1.165, 1.54) is 38.8 Å². The van der Waals surface area contributed by atoms with Gasteiger partial charge in [-0.2, -0.15) is 0 Å². The maximum Gasteiger partial charge on any atom is 0.250 e. The van der Waals surface area contributed by atoms with Crippen molar-refractivity contribution in [2.45, 2.75) is 57.5 Å². The van der Waals surface area contributed by atoms with Crippen molar-refractivity contribution in [2.75, 3.05) is 26.7 Å². The molecule has 4 nitrogen and oxygen atoms in total. The average Bonchev–Trinajstić information content (AvgIpc) is 2.72. The van der Waals surface area contributed by atoms with Gasteiger partial charge in [0.1, 0.15) is 5.75 Å². The van der Waals surface area contributed by atoms with E-state index in [1.54, 1.807) is 7.11 Å². The van der Waals surface area contributed by atoms with Gasteiger partial charge in [0.2, 0.25) is 5.91 Å². The Balaban J connectivity index is 1.41. The Kier molecular flexibility index (Phi) is 4.70. The van der Waals surface area contributed by atoms with Crippen molar-refractivity contribution in [3.8, 4) is 5.75 Å². The molecule has 150 valence electrons. The van der Waals surface area contributed by atoms with Crippen LogP contribution in [0.1, 0.15) is 49.7 Å². The van der Waals surface area contributed by atoms with E-state index in [0.717, 1.165) is 47.9 Å². The fourth-order valence-electron chi connectivity index (χ4n) is 6.45. The zero-order valence-electron chi connectivity index (χ0n) is 17.2. The Bertz CT molecular complexity index is 800. The first-order valence-electron chi connectivity index (χ1n) is 11.1. The molecule has 5 rings (SSSR count). The molecule has 4 fully saturated rings. The van der Waals surface area contributed by atoms with Gasteiger partial charge in [-0.3, -0.25) is 9.69 Å². The fourth-order valence-corrected chi connectivity index (χ4v) is 6.45.